The predicted molar refractivity (Wildman–Crippen MR) is 80.2 cm³/mol. The third-order valence-corrected chi connectivity index (χ3v) is 2.98. The molecule has 0 unspecified atom stereocenters. The van der Waals surface area contributed by atoms with Crippen LogP contribution >= 0.6 is 0 Å². The molecule has 1 N–H and O–H groups in total. The fourth-order valence-electron chi connectivity index (χ4n) is 1.85. The van der Waals surface area contributed by atoms with Crippen molar-refractivity contribution < 1.29 is 9.59 Å². The van der Waals surface area contributed by atoms with Crippen molar-refractivity contribution in [2.45, 2.75) is 19.8 Å². The summed E-state index contributed by atoms with van der Waals surface area (Å²) in [5, 5.41) is 2.83. The van der Waals surface area contributed by atoms with Crippen molar-refractivity contribution in [1.29, 1.82) is 0 Å². The lowest BCUT2D eigenvalue weighted by molar-refractivity contribution is -0.129. The van der Waals surface area contributed by atoms with Gasteiger partial charge in [-0.15, -0.1) is 6.58 Å². The fraction of sp³-hybridized carbons (Fsp3) is 0.375. The maximum absolute atomic E-state index is 11.7. The van der Waals surface area contributed by atoms with E-state index in [1.807, 2.05) is 30.3 Å². The lowest BCUT2D eigenvalue weighted by Crippen LogP contribution is -2.37. The Morgan fingerprint density at radius 3 is 2.60 bits per heavy atom. The molecular formula is C16H22N2O2. The summed E-state index contributed by atoms with van der Waals surface area (Å²) in [6.45, 7) is 6.62. The van der Waals surface area contributed by atoms with Crippen molar-refractivity contribution >= 4 is 11.8 Å². The van der Waals surface area contributed by atoms with Gasteiger partial charge in [0.25, 0.3) is 0 Å². The van der Waals surface area contributed by atoms with Gasteiger partial charge in [-0.3, -0.25) is 9.59 Å². The van der Waals surface area contributed by atoms with Gasteiger partial charge >= 0.3 is 0 Å². The van der Waals surface area contributed by atoms with Crippen LogP contribution in [0.1, 0.15) is 18.9 Å². The maximum atomic E-state index is 11.7. The van der Waals surface area contributed by atoms with Crippen molar-refractivity contribution in [2.75, 3.05) is 19.6 Å². The molecule has 0 spiro atoms. The van der Waals surface area contributed by atoms with Crippen LogP contribution < -0.4 is 5.32 Å². The predicted octanol–water partition coefficient (Wildman–Crippen LogP) is 1.77. The van der Waals surface area contributed by atoms with Crippen molar-refractivity contribution in [3.05, 3.63) is 48.6 Å². The van der Waals surface area contributed by atoms with Crippen LogP contribution in [0.3, 0.4) is 0 Å². The number of nitrogens with one attached hydrogen (secondary N) is 1. The Hall–Kier alpha value is -2.10. The molecule has 0 fully saturated rings. The van der Waals surface area contributed by atoms with E-state index in [4.69, 9.17) is 0 Å². The molecule has 1 aromatic rings. The zero-order valence-corrected chi connectivity index (χ0v) is 12.0. The summed E-state index contributed by atoms with van der Waals surface area (Å²) in [6.07, 6.45) is 2.87. The summed E-state index contributed by atoms with van der Waals surface area (Å²) in [7, 11) is 0. The number of benzene rings is 1. The van der Waals surface area contributed by atoms with Gasteiger partial charge < -0.3 is 10.2 Å². The molecule has 108 valence electrons. The average molecular weight is 274 g/mol. The first-order valence-corrected chi connectivity index (χ1v) is 6.80. The van der Waals surface area contributed by atoms with Crippen LogP contribution in [0.15, 0.2) is 43.0 Å². The van der Waals surface area contributed by atoms with E-state index in [-0.39, 0.29) is 11.8 Å². The molecule has 0 aliphatic heterocycles. The second-order valence-corrected chi connectivity index (χ2v) is 4.59. The van der Waals surface area contributed by atoms with Crippen LogP contribution in [0, 0.1) is 0 Å². The average Bonchev–Trinajstić information content (AvgIpc) is 2.45. The molecule has 2 amide bonds. The summed E-state index contributed by atoms with van der Waals surface area (Å²) in [6, 6.07) is 9.91. The third kappa shape index (κ3) is 6.18. The minimum atomic E-state index is -0.0107. The second kappa shape index (κ2) is 8.91. The minimum absolute atomic E-state index is 0.0101. The Labute approximate surface area is 120 Å². The first-order chi connectivity index (χ1) is 9.63. The van der Waals surface area contributed by atoms with E-state index < -0.39 is 0 Å². The summed E-state index contributed by atoms with van der Waals surface area (Å²) in [4.78, 5) is 24.6. The van der Waals surface area contributed by atoms with Gasteiger partial charge in [-0.1, -0.05) is 36.4 Å². The quantitative estimate of drug-likeness (QED) is 0.734. The number of hydrogen-bond donors (Lipinski definition) is 1. The molecule has 20 heavy (non-hydrogen) atoms. The van der Waals surface area contributed by atoms with E-state index in [1.54, 1.807) is 11.0 Å². The van der Waals surface area contributed by atoms with Gasteiger partial charge in [-0.05, 0) is 12.0 Å². The molecule has 0 aromatic heterocycles. The molecule has 0 aliphatic carbocycles. The highest BCUT2D eigenvalue weighted by Gasteiger charge is 2.07. The fourth-order valence-corrected chi connectivity index (χ4v) is 1.85. The number of rotatable bonds is 8. The van der Waals surface area contributed by atoms with Crippen LogP contribution in [0.4, 0.5) is 0 Å². The number of carbonyl (C=O) groups is 2. The summed E-state index contributed by atoms with van der Waals surface area (Å²) < 4.78 is 0. The van der Waals surface area contributed by atoms with E-state index in [0.29, 0.717) is 26.1 Å². The van der Waals surface area contributed by atoms with Crippen LogP contribution in [-0.2, 0) is 16.0 Å². The van der Waals surface area contributed by atoms with Gasteiger partial charge in [0.05, 0.1) is 0 Å². The molecule has 0 radical (unpaired) electrons. The first-order valence-electron chi connectivity index (χ1n) is 6.80. The lowest BCUT2D eigenvalue weighted by atomic mass is 10.1. The molecule has 1 rings (SSSR count). The van der Waals surface area contributed by atoms with E-state index in [0.717, 1.165) is 12.0 Å². The van der Waals surface area contributed by atoms with Gasteiger partial charge in [0.2, 0.25) is 11.8 Å². The van der Waals surface area contributed by atoms with Gasteiger partial charge in [-0.2, -0.15) is 0 Å². The topological polar surface area (TPSA) is 49.4 Å². The smallest absolute Gasteiger partial charge is 0.220 e. The molecule has 1 aromatic carbocycles. The molecule has 0 atom stereocenters. The van der Waals surface area contributed by atoms with Crippen molar-refractivity contribution in [1.82, 2.24) is 10.2 Å². The van der Waals surface area contributed by atoms with Gasteiger partial charge in [0.15, 0.2) is 0 Å². The number of carbonyl (C=O) groups excluding carboxylic acids is 2. The highest BCUT2D eigenvalue weighted by atomic mass is 16.2. The zero-order chi connectivity index (χ0) is 14.8. The summed E-state index contributed by atoms with van der Waals surface area (Å²) in [5.41, 5.74) is 1.15. The lowest BCUT2D eigenvalue weighted by Gasteiger charge is -2.19. The Morgan fingerprint density at radius 2 is 2.00 bits per heavy atom. The molecule has 0 bridgehead atoms. The first kappa shape index (κ1) is 16.0. The van der Waals surface area contributed by atoms with Crippen molar-refractivity contribution in [3.63, 3.8) is 0 Å². The number of nitrogens with zero attached hydrogens (tertiary/aromatic N) is 1. The Bertz CT molecular complexity index is 443. The van der Waals surface area contributed by atoms with Crippen LogP contribution in [0.2, 0.25) is 0 Å². The highest BCUT2D eigenvalue weighted by molar-refractivity contribution is 5.76. The molecular weight excluding hydrogens is 252 g/mol. The Kier molecular flexibility index (Phi) is 7.11. The minimum Gasteiger partial charge on any atom is -0.354 e. The molecule has 0 saturated heterocycles. The highest BCUT2D eigenvalue weighted by Crippen LogP contribution is 2.01. The number of aryl methyl sites for hydroxylation is 1. The third-order valence-electron chi connectivity index (χ3n) is 2.98. The maximum Gasteiger partial charge on any atom is 0.220 e. The van der Waals surface area contributed by atoms with Crippen molar-refractivity contribution in [2.24, 2.45) is 0 Å². The SMILES string of the molecule is C=CCN(CCNC(=O)CCc1ccccc1)C(C)=O. The van der Waals surface area contributed by atoms with Gasteiger partial charge in [-0.25, -0.2) is 0 Å². The van der Waals surface area contributed by atoms with E-state index in [2.05, 4.69) is 11.9 Å². The van der Waals surface area contributed by atoms with Crippen LogP contribution in [0.5, 0.6) is 0 Å². The number of hydrogen-bond acceptors (Lipinski definition) is 2. The van der Waals surface area contributed by atoms with E-state index in [1.165, 1.54) is 6.92 Å². The zero-order valence-electron chi connectivity index (χ0n) is 12.0. The van der Waals surface area contributed by atoms with Crippen LogP contribution in [0.25, 0.3) is 0 Å². The summed E-state index contributed by atoms with van der Waals surface area (Å²) in [5.74, 6) is -0.000562. The Balaban J connectivity index is 2.22. The number of amides is 2. The van der Waals surface area contributed by atoms with Gasteiger partial charge in [0, 0.05) is 33.0 Å². The molecule has 0 saturated carbocycles. The molecule has 0 aliphatic rings. The largest absolute Gasteiger partial charge is 0.354 e. The standard InChI is InChI=1S/C16H22N2O2/c1-3-12-18(14(2)19)13-11-17-16(20)10-9-15-7-5-4-6-8-15/h3-8H,1,9-13H2,2H3,(H,17,20). The molecule has 4 heteroatoms. The molecule has 4 nitrogen and oxygen atoms in total. The Morgan fingerprint density at radius 1 is 1.30 bits per heavy atom. The van der Waals surface area contributed by atoms with Crippen molar-refractivity contribution in [3.8, 4) is 0 Å². The monoisotopic (exact) mass is 274 g/mol. The normalized spacial score (nSPS) is 9.85. The van der Waals surface area contributed by atoms with Crippen LogP contribution in [-0.4, -0.2) is 36.3 Å². The van der Waals surface area contributed by atoms with E-state index >= 15 is 0 Å². The van der Waals surface area contributed by atoms with Gasteiger partial charge in [0.1, 0.15) is 0 Å². The molecule has 0 heterocycles. The van der Waals surface area contributed by atoms with E-state index in [9.17, 15) is 9.59 Å². The summed E-state index contributed by atoms with van der Waals surface area (Å²) >= 11 is 0. The second-order valence-electron chi connectivity index (χ2n) is 4.59.